The van der Waals surface area contributed by atoms with Crippen molar-refractivity contribution in [2.24, 2.45) is 5.14 Å². The van der Waals surface area contributed by atoms with Crippen LogP contribution in [0.3, 0.4) is 0 Å². The second-order valence-electron chi connectivity index (χ2n) is 5.77. The highest BCUT2D eigenvalue weighted by Gasteiger charge is 2.19. The lowest BCUT2D eigenvalue weighted by Crippen LogP contribution is -2.12. The van der Waals surface area contributed by atoms with Gasteiger partial charge in [-0.05, 0) is 41.5 Å². The first kappa shape index (κ1) is 15.3. The number of nitrogens with two attached hydrogens (primary N) is 1. The van der Waals surface area contributed by atoms with Gasteiger partial charge in [0.05, 0.1) is 5.56 Å². The predicted octanol–water partition coefficient (Wildman–Crippen LogP) is 2.90. The molecule has 2 aromatic carbocycles. The highest BCUT2D eigenvalue weighted by atomic mass is 32.2. The normalized spacial score (nSPS) is 13.4. The van der Waals surface area contributed by atoms with Gasteiger partial charge in [0, 0.05) is 16.5 Å². The first-order valence-corrected chi connectivity index (χ1v) is 9.82. The Hall–Kier alpha value is -2.22. The number of amides is 1. The van der Waals surface area contributed by atoms with E-state index in [9.17, 15) is 13.2 Å². The SMILES string of the molecule is NS(=O)(=O)c1cc(C(=O)Nc2ccc3c4c(cccc24)CC3)cs1. The second-order valence-corrected chi connectivity index (χ2v) is 8.46. The van der Waals surface area contributed by atoms with Gasteiger partial charge in [0.15, 0.2) is 0 Å². The summed E-state index contributed by atoms with van der Waals surface area (Å²) in [5, 5.41) is 11.7. The standard InChI is InChI=1S/C17H14N2O3S2/c18-24(21,22)15-8-12(9-23-15)17(20)19-14-7-6-11-5-4-10-2-1-3-13(14)16(10)11/h1-3,6-9H,4-5H2,(H,19,20)(H2,18,21,22). The number of aryl methyl sites for hydroxylation is 2. The molecular weight excluding hydrogens is 344 g/mol. The topological polar surface area (TPSA) is 89.3 Å². The van der Waals surface area contributed by atoms with Crippen molar-refractivity contribution in [3.8, 4) is 0 Å². The van der Waals surface area contributed by atoms with Gasteiger partial charge in [-0.2, -0.15) is 0 Å². The van der Waals surface area contributed by atoms with E-state index >= 15 is 0 Å². The minimum absolute atomic E-state index is 0.0203. The molecule has 0 aliphatic heterocycles. The summed E-state index contributed by atoms with van der Waals surface area (Å²) in [5.41, 5.74) is 3.61. The number of hydrogen-bond donors (Lipinski definition) is 2. The van der Waals surface area contributed by atoms with E-state index in [0.717, 1.165) is 35.3 Å². The van der Waals surface area contributed by atoms with Crippen molar-refractivity contribution in [1.29, 1.82) is 0 Å². The molecule has 1 aromatic heterocycles. The molecule has 0 radical (unpaired) electrons. The van der Waals surface area contributed by atoms with Crippen molar-refractivity contribution in [2.45, 2.75) is 17.1 Å². The summed E-state index contributed by atoms with van der Waals surface area (Å²) in [6.45, 7) is 0. The van der Waals surface area contributed by atoms with Gasteiger partial charge in [-0.3, -0.25) is 4.79 Å². The Morgan fingerprint density at radius 3 is 2.58 bits per heavy atom. The van der Waals surface area contributed by atoms with Crippen LogP contribution >= 0.6 is 11.3 Å². The molecule has 1 aliphatic rings. The van der Waals surface area contributed by atoms with Crippen molar-refractivity contribution in [2.75, 3.05) is 5.32 Å². The molecule has 4 rings (SSSR count). The highest BCUT2D eigenvalue weighted by molar-refractivity contribution is 7.91. The number of benzene rings is 2. The van der Waals surface area contributed by atoms with Crippen molar-refractivity contribution < 1.29 is 13.2 Å². The van der Waals surface area contributed by atoms with Crippen LogP contribution in [-0.4, -0.2) is 14.3 Å². The van der Waals surface area contributed by atoms with Crippen molar-refractivity contribution in [3.05, 3.63) is 58.5 Å². The van der Waals surface area contributed by atoms with Crippen LogP contribution in [0.4, 0.5) is 5.69 Å². The van der Waals surface area contributed by atoms with Crippen molar-refractivity contribution in [3.63, 3.8) is 0 Å². The molecule has 122 valence electrons. The van der Waals surface area contributed by atoms with Crippen LogP contribution in [0.2, 0.25) is 0 Å². The van der Waals surface area contributed by atoms with Crippen LogP contribution in [0, 0.1) is 0 Å². The number of carbonyl (C=O) groups excluding carboxylic acids is 1. The van der Waals surface area contributed by atoms with Crippen LogP contribution in [-0.2, 0) is 22.9 Å². The zero-order valence-electron chi connectivity index (χ0n) is 12.6. The zero-order valence-corrected chi connectivity index (χ0v) is 14.2. The van der Waals surface area contributed by atoms with Gasteiger partial charge in [-0.25, -0.2) is 13.6 Å². The van der Waals surface area contributed by atoms with E-state index in [1.165, 1.54) is 28.0 Å². The van der Waals surface area contributed by atoms with Gasteiger partial charge in [-0.15, -0.1) is 11.3 Å². The van der Waals surface area contributed by atoms with Crippen LogP contribution in [0.5, 0.6) is 0 Å². The zero-order chi connectivity index (χ0) is 16.9. The van der Waals surface area contributed by atoms with Gasteiger partial charge < -0.3 is 5.32 Å². The quantitative estimate of drug-likeness (QED) is 0.754. The van der Waals surface area contributed by atoms with Crippen LogP contribution < -0.4 is 10.5 Å². The maximum absolute atomic E-state index is 12.4. The molecule has 7 heteroatoms. The first-order valence-electron chi connectivity index (χ1n) is 7.39. The van der Waals surface area contributed by atoms with Gasteiger partial charge >= 0.3 is 0 Å². The van der Waals surface area contributed by atoms with Crippen molar-refractivity contribution >= 4 is 43.7 Å². The van der Waals surface area contributed by atoms with Gasteiger partial charge in [-0.1, -0.05) is 24.3 Å². The summed E-state index contributed by atoms with van der Waals surface area (Å²) in [4.78, 5) is 12.4. The number of carbonyl (C=O) groups is 1. The fraction of sp³-hybridized carbons (Fsp3) is 0.118. The van der Waals surface area contributed by atoms with Crippen LogP contribution in [0.15, 0.2) is 46.0 Å². The maximum Gasteiger partial charge on any atom is 0.256 e. The molecule has 24 heavy (non-hydrogen) atoms. The van der Waals surface area contributed by atoms with Gasteiger partial charge in [0.2, 0.25) is 10.0 Å². The molecule has 3 aromatic rings. The highest BCUT2D eigenvalue weighted by Crippen LogP contribution is 2.35. The summed E-state index contributed by atoms with van der Waals surface area (Å²) in [6.07, 6.45) is 2.04. The third kappa shape index (κ3) is 2.50. The minimum atomic E-state index is -3.79. The third-order valence-electron chi connectivity index (χ3n) is 4.24. The lowest BCUT2D eigenvalue weighted by atomic mass is 10.0. The summed E-state index contributed by atoms with van der Waals surface area (Å²) in [7, 11) is -3.79. The van der Waals surface area contributed by atoms with E-state index in [0.29, 0.717) is 0 Å². The average Bonchev–Trinajstić information content (AvgIpc) is 3.18. The Bertz CT molecular complexity index is 1070. The Labute approximate surface area is 143 Å². The molecule has 1 aliphatic carbocycles. The van der Waals surface area contributed by atoms with Crippen molar-refractivity contribution in [1.82, 2.24) is 0 Å². The summed E-state index contributed by atoms with van der Waals surface area (Å²) in [6, 6.07) is 11.3. The molecule has 0 spiro atoms. The number of rotatable bonds is 3. The third-order valence-corrected chi connectivity index (χ3v) is 6.63. The Morgan fingerprint density at radius 2 is 1.88 bits per heavy atom. The largest absolute Gasteiger partial charge is 0.321 e. The average molecular weight is 358 g/mol. The Balaban J connectivity index is 1.70. The smallest absolute Gasteiger partial charge is 0.256 e. The van der Waals surface area contributed by atoms with E-state index < -0.39 is 10.0 Å². The van der Waals surface area contributed by atoms with E-state index in [1.54, 1.807) is 0 Å². The second kappa shape index (κ2) is 5.41. The fourth-order valence-electron chi connectivity index (χ4n) is 3.14. The van der Waals surface area contributed by atoms with Gasteiger partial charge in [0.25, 0.3) is 5.91 Å². The molecule has 0 fully saturated rings. The monoisotopic (exact) mass is 358 g/mol. The molecule has 0 bridgehead atoms. The summed E-state index contributed by atoms with van der Waals surface area (Å²) in [5.74, 6) is -0.347. The molecule has 0 saturated heterocycles. The fourth-order valence-corrected chi connectivity index (χ4v) is 4.72. The number of nitrogens with one attached hydrogen (secondary N) is 1. The molecule has 0 atom stereocenters. The number of sulfonamides is 1. The molecule has 1 amide bonds. The Morgan fingerprint density at radius 1 is 1.12 bits per heavy atom. The van der Waals surface area contributed by atoms with Gasteiger partial charge in [0.1, 0.15) is 4.21 Å². The maximum atomic E-state index is 12.4. The van der Waals surface area contributed by atoms with E-state index in [4.69, 9.17) is 5.14 Å². The molecule has 5 nitrogen and oxygen atoms in total. The lowest BCUT2D eigenvalue weighted by Gasteiger charge is -2.10. The first-order chi connectivity index (χ1) is 11.4. The summed E-state index contributed by atoms with van der Waals surface area (Å²) >= 11 is 0.940. The molecule has 1 heterocycles. The number of anilines is 1. The lowest BCUT2D eigenvalue weighted by molar-refractivity contribution is 0.102. The van der Waals surface area contributed by atoms with E-state index in [-0.39, 0.29) is 15.7 Å². The number of thiophene rings is 1. The summed E-state index contributed by atoms with van der Waals surface area (Å²) < 4.78 is 22.7. The molecule has 0 unspecified atom stereocenters. The number of hydrogen-bond acceptors (Lipinski definition) is 4. The van der Waals surface area contributed by atoms with Crippen LogP contribution in [0.25, 0.3) is 10.8 Å². The predicted molar refractivity (Wildman–Crippen MR) is 95.0 cm³/mol. The molecule has 0 saturated carbocycles. The van der Waals surface area contributed by atoms with Crippen LogP contribution in [0.1, 0.15) is 21.5 Å². The molecular formula is C17H14N2O3S2. The molecule has 3 N–H and O–H groups in total. The van der Waals surface area contributed by atoms with E-state index in [2.05, 4.69) is 11.4 Å². The minimum Gasteiger partial charge on any atom is -0.321 e. The Kier molecular flexibility index (Phi) is 3.45. The van der Waals surface area contributed by atoms with E-state index in [1.807, 2.05) is 24.3 Å². The number of primary sulfonamides is 1.